The van der Waals surface area contributed by atoms with Gasteiger partial charge in [0, 0.05) is 16.8 Å². The fourth-order valence-corrected chi connectivity index (χ4v) is 3.47. The average Bonchev–Trinajstić information content (AvgIpc) is 2.97. The van der Waals surface area contributed by atoms with E-state index in [2.05, 4.69) is 20.6 Å². The lowest BCUT2D eigenvalue weighted by atomic mass is 9.86. The Bertz CT molecular complexity index is 912. The molecule has 2 N–H and O–H groups in total. The highest BCUT2D eigenvalue weighted by atomic mass is 16.4. The standard InChI is InChI=1S/C17H19N5O2/c1-10-19-20-16-14-5-3-2-4-13(14)15(21-22(10)16)18-12-8-6-11(7-9-12)17(23)24/h2-5,11-12H,6-9H2,1H3,(H,18,21)(H,23,24). The van der Waals surface area contributed by atoms with Crippen molar-refractivity contribution < 1.29 is 9.90 Å². The third-order valence-electron chi connectivity index (χ3n) is 4.84. The van der Waals surface area contributed by atoms with Gasteiger partial charge < -0.3 is 10.4 Å². The van der Waals surface area contributed by atoms with Crippen LogP contribution in [0.2, 0.25) is 0 Å². The Balaban J connectivity index is 1.68. The number of aliphatic carboxylic acids is 1. The van der Waals surface area contributed by atoms with Crippen molar-refractivity contribution in [1.82, 2.24) is 19.8 Å². The van der Waals surface area contributed by atoms with Gasteiger partial charge in [-0.25, -0.2) is 0 Å². The Morgan fingerprint density at radius 2 is 1.88 bits per heavy atom. The molecule has 1 saturated carbocycles. The van der Waals surface area contributed by atoms with Gasteiger partial charge in [-0.2, -0.15) is 4.52 Å². The SMILES string of the molecule is Cc1nnc2c3ccccc3c(NC3CCC(C(=O)O)CC3)nn12. The number of rotatable bonds is 3. The molecule has 0 aliphatic heterocycles. The summed E-state index contributed by atoms with van der Waals surface area (Å²) in [5.41, 5.74) is 0.753. The Labute approximate surface area is 138 Å². The first-order valence-electron chi connectivity index (χ1n) is 8.23. The maximum absolute atomic E-state index is 11.1. The van der Waals surface area contributed by atoms with E-state index in [4.69, 9.17) is 5.11 Å². The highest BCUT2D eigenvalue weighted by molar-refractivity contribution is 5.99. The van der Waals surface area contributed by atoms with Crippen LogP contribution in [0.15, 0.2) is 24.3 Å². The number of anilines is 1. The van der Waals surface area contributed by atoms with Crippen molar-refractivity contribution in [2.24, 2.45) is 5.92 Å². The molecule has 0 saturated heterocycles. The molecule has 2 heterocycles. The number of hydrogen-bond acceptors (Lipinski definition) is 5. The second kappa shape index (κ2) is 5.74. The molecule has 1 aromatic carbocycles. The molecule has 7 heteroatoms. The summed E-state index contributed by atoms with van der Waals surface area (Å²) in [6.07, 6.45) is 3.09. The number of benzene rings is 1. The monoisotopic (exact) mass is 325 g/mol. The molecule has 0 bridgehead atoms. The zero-order chi connectivity index (χ0) is 16.7. The number of carboxylic acids is 1. The maximum atomic E-state index is 11.1. The number of aromatic nitrogens is 4. The van der Waals surface area contributed by atoms with E-state index in [0.717, 1.165) is 40.9 Å². The average molecular weight is 325 g/mol. The summed E-state index contributed by atoms with van der Waals surface area (Å²) >= 11 is 0. The zero-order valence-corrected chi connectivity index (χ0v) is 13.4. The first-order chi connectivity index (χ1) is 11.6. The van der Waals surface area contributed by atoms with Crippen molar-refractivity contribution in [3.8, 4) is 0 Å². The molecular formula is C17H19N5O2. The lowest BCUT2D eigenvalue weighted by Crippen LogP contribution is -2.29. The van der Waals surface area contributed by atoms with Crippen LogP contribution in [0.4, 0.5) is 5.82 Å². The van der Waals surface area contributed by atoms with Crippen LogP contribution in [0.1, 0.15) is 31.5 Å². The predicted molar refractivity (Wildman–Crippen MR) is 90.0 cm³/mol. The minimum absolute atomic E-state index is 0.213. The van der Waals surface area contributed by atoms with Gasteiger partial charge in [-0.05, 0) is 32.6 Å². The molecule has 24 heavy (non-hydrogen) atoms. The van der Waals surface area contributed by atoms with Crippen LogP contribution in [-0.4, -0.2) is 36.9 Å². The molecule has 0 unspecified atom stereocenters. The minimum atomic E-state index is -0.682. The molecule has 1 aliphatic carbocycles. The van der Waals surface area contributed by atoms with Crippen LogP contribution in [0, 0.1) is 12.8 Å². The van der Waals surface area contributed by atoms with E-state index in [0.29, 0.717) is 12.8 Å². The molecule has 1 aliphatic rings. The Morgan fingerprint density at radius 3 is 2.58 bits per heavy atom. The molecule has 0 spiro atoms. The molecule has 0 amide bonds. The number of hydrogen-bond donors (Lipinski definition) is 2. The van der Waals surface area contributed by atoms with E-state index in [-0.39, 0.29) is 12.0 Å². The Hall–Kier alpha value is -2.70. The van der Waals surface area contributed by atoms with Crippen LogP contribution < -0.4 is 5.32 Å². The van der Waals surface area contributed by atoms with Gasteiger partial charge in [0.05, 0.1) is 5.92 Å². The lowest BCUT2D eigenvalue weighted by Gasteiger charge is -2.27. The van der Waals surface area contributed by atoms with Crippen LogP contribution in [0.3, 0.4) is 0 Å². The highest BCUT2D eigenvalue weighted by Crippen LogP contribution is 2.30. The molecule has 2 aromatic heterocycles. The normalized spacial score (nSPS) is 21.2. The fourth-order valence-electron chi connectivity index (χ4n) is 3.47. The van der Waals surface area contributed by atoms with Crippen molar-refractivity contribution in [1.29, 1.82) is 0 Å². The van der Waals surface area contributed by atoms with Gasteiger partial charge in [-0.3, -0.25) is 4.79 Å². The topological polar surface area (TPSA) is 92.4 Å². The van der Waals surface area contributed by atoms with E-state index in [1.165, 1.54) is 0 Å². The van der Waals surface area contributed by atoms with Gasteiger partial charge in [-0.15, -0.1) is 15.3 Å². The Morgan fingerprint density at radius 1 is 1.17 bits per heavy atom. The summed E-state index contributed by atoms with van der Waals surface area (Å²) in [5.74, 6) is 0.655. The van der Waals surface area contributed by atoms with E-state index < -0.39 is 5.97 Å². The van der Waals surface area contributed by atoms with Gasteiger partial charge >= 0.3 is 5.97 Å². The van der Waals surface area contributed by atoms with Crippen molar-refractivity contribution in [2.75, 3.05) is 5.32 Å². The van der Waals surface area contributed by atoms with Crippen molar-refractivity contribution in [3.05, 3.63) is 30.1 Å². The molecule has 4 rings (SSSR count). The van der Waals surface area contributed by atoms with Crippen LogP contribution in [-0.2, 0) is 4.79 Å². The largest absolute Gasteiger partial charge is 0.481 e. The van der Waals surface area contributed by atoms with E-state index in [1.807, 2.05) is 31.2 Å². The quantitative estimate of drug-likeness (QED) is 0.769. The zero-order valence-electron chi connectivity index (χ0n) is 13.4. The molecule has 0 radical (unpaired) electrons. The number of nitrogens with one attached hydrogen (secondary N) is 1. The fraction of sp³-hybridized carbons (Fsp3) is 0.412. The number of aryl methyl sites for hydroxylation is 1. The molecule has 124 valence electrons. The first-order valence-corrected chi connectivity index (χ1v) is 8.23. The van der Waals surface area contributed by atoms with Gasteiger partial charge in [0.2, 0.25) is 0 Å². The maximum Gasteiger partial charge on any atom is 0.306 e. The van der Waals surface area contributed by atoms with Gasteiger partial charge in [0.1, 0.15) is 0 Å². The van der Waals surface area contributed by atoms with Crippen LogP contribution >= 0.6 is 0 Å². The lowest BCUT2D eigenvalue weighted by molar-refractivity contribution is -0.142. The van der Waals surface area contributed by atoms with Gasteiger partial charge in [-0.1, -0.05) is 24.3 Å². The van der Waals surface area contributed by atoms with Crippen molar-refractivity contribution in [3.63, 3.8) is 0 Å². The van der Waals surface area contributed by atoms with Gasteiger partial charge in [0.15, 0.2) is 17.3 Å². The van der Waals surface area contributed by atoms with Crippen molar-refractivity contribution in [2.45, 2.75) is 38.6 Å². The van der Waals surface area contributed by atoms with E-state index in [9.17, 15) is 4.79 Å². The molecular weight excluding hydrogens is 306 g/mol. The third-order valence-corrected chi connectivity index (χ3v) is 4.84. The highest BCUT2D eigenvalue weighted by Gasteiger charge is 2.26. The number of carbonyl (C=O) groups is 1. The van der Waals surface area contributed by atoms with Crippen LogP contribution in [0.5, 0.6) is 0 Å². The second-order valence-corrected chi connectivity index (χ2v) is 6.41. The predicted octanol–water partition coefficient (Wildman–Crippen LogP) is 2.64. The summed E-state index contributed by atoms with van der Waals surface area (Å²) in [5, 5.41) is 27.7. The summed E-state index contributed by atoms with van der Waals surface area (Å²) in [6.45, 7) is 1.88. The number of carboxylic acid groups (broad SMARTS) is 1. The van der Waals surface area contributed by atoms with Crippen molar-refractivity contribution >= 4 is 28.2 Å². The molecule has 3 aromatic rings. The van der Waals surface area contributed by atoms with E-state index in [1.54, 1.807) is 4.52 Å². The summed E-state index contributed by atoms with van der Waals surface area (Å²) in [4.78, 5) is 11.1. The van der Waals surface area contributed by atoms with Gasteiger partial charge in [0.25, 0.3) is 0 Å². The van der Waals surface area contributed by atoms with E-state index >= 15 is 0 Å². The minimum Gasteiger partial charge on any atom is -0.481 e. The van der Waals surface area contributed by atoms with Crippen LogP contribution in [0.25, 0.3) is 16.4 Å². The molecule has 7 nitrogen and oxygen atoms in total. The summed E-state index contributed by atoms with van der Waals surface area (Å²) < 4.78 is 1.76. The Kier molecular flexibility index (Phi) is 3.55. The second-order valence-electron chi connectivity index (χ2n) is 6.41. The summed E-state index contributed by atoms with van der Waals surface area (Å²) in [7, 11) is 0. The molecule has 0 atom stereocenters. The molecule has 1 fully saturated rings. The number of nitrogens with zero attached hydrogens (tertiary/aromatic N) is 4. The first kappa shape index (κ1) is 14.9. The summed E-state index contributed by atoms with van der Waals surface area (Å²) in [6, 6.07) is 8.25. The smallest absolute Gasteiger partial charge is 0.306 e. The number of fused-ring (bicyclic) bond motifs is 3. The third kappa shape index (κ3) is 2.46.